The molecule has 0 radical (unpaired) electrons. The lowest BCUT2D eigenvalue weighted by Gasteiger charge is -2.34. The minimum Gasteiger partial charge on any atom is -0.492 e. The lowest BCUT2D eigenvalue weighted by atomic mass is 10.0. The molecule has 1 aromatic carbocycles. The first kappa shape index (κ1) is 16.8. The molecule has 1 atom stereocenters. The third kappa shape index (κ3) is 3.01. The van der Waals surface area contributed by atoms with Gasteiger partial charge in [-0.25, -0.2) is 4.98 Å². The molecule has 6 nitrogen and oxygen atoms in total. The van der Waals surface area contributed by atoms with E-state index in [1.807, 2.05) is 31.2 Å². The third-order valence-electron chi connectivity index (χ3n) is 4.42. The molecule has 1 fully saturated rings. The van der Waals surface area contributed by atoms with Crippen molar-refractivity contribution in [1.29, 1.82) is 0 Å². The summed E-state index contributed by atoms with van der Waals surface area (Å²) in [6.45, 7) is 4.90. The van der Waals surface area contributed by atoms with Crippen LogP contribution in [0.15, 0.2) is 24.3 Å². The summed E-state index contributed by atoms with van der Waals surface area (Å²) in [6.07, 6.45) is 0.737. The zero-order chi connectivity index (χ0) is 17.4. The van der Waals surface area contributed by atoms with Crippen LogP contribution in [0.1, 0.15) is 29.2 Å². The highest BCUT2D eigenvalue weighted by molar-refractivity contribution is 7.17. The molecule has 1 saturated heterocycles. The zero-order valence-corrected chi connectivity index (χ0v) is 15.4. The van der Waals surface area contributed by atoms with Gasteiger partial charge in [0.2, 0.25) is 10.8 Å². The first-order chi connectivity index (χ1) is 12.2. The number of hydrogen-bond acceptors (Lipinski definition) is 6. The summed E-state index contributed by atoms with van der Waals surface area (Å²) < 4.78 is 7.02. The first-order valence-corrected chi connectivity index (χ1v) is 9.52. The SMILES string of the molecule is CCc1nc2sc([C@H](c3ccccc3Cl)N3CCOCC3)c(O)n2n1. The fourth-order valence-electron chi connectivity index (χ4n) is 3.15. The zero-order valence-electron chi connectivity index (χ0n) is 13.9. The van der Waals surface area contributed by atoms with E-state index in [-0.39, 0.29) is 11.9 Å². The van der Waals surface area contributed by atoms with Gasteiger partial charge in [0.05, 0.1) is 24.1 Å². The molecule has 2 aromatic heterocycles. The van der Waals surface area contributed by atoms with Gasteiger partial charge in [0.25, 0.3) is 0 Å². The average Bonchev–Trinajstić information content (AvgIpc) is 3.18. The van der Waals surface area contributed by atoms with E-state index in [1.165, 1.54) is 15.9 Å². The predicted octanol–water partition coefficient (Wildman–Crippen LogP) is 3.13. The monoisotopic (exact) mass is 378 g/mol. The lowest BCUT2D eigenvalue weighted by Crippen LogP contribution is -2.39. The molecule has 8 heteroatoms. The molecular formula is C17H19ClN4O2S. The van der Waals surface area contributed by atoms with E-state index >= 15 is 0 Å². The molecule has 0 unspecified atom stereocenters. The van der Waals surface area contributed by atoms with Gasteiger partial charge in [0.15, 0.2) is 5.82 Å². The maximum absolute atomic E-state index is 10.8. The van der Waals surface area contributed by atoms with Crippen molar-refractivity contribution in [1.82, 2.24) is 19.5 Å². The average molecular weight is 379 g/mol. The van der Waals surface area contributed by atoms with E-state index in [0.29, 0.717) is 23.2 Å². The van der Waals surface area contributed by atoms with Crippen molar-refractivity contribution < 1.29 is 9.84 Å². The molecule has 0 spiro atoms. The smallest absolute Gasteiger partial charge is 0.230 e. The Morgan fingerprint density at radius 3 is 2.76 bits per heavy atom. The van der Waals surface area contributed by atoms with Gasteiger partial charge in [-0.2, -0.15) is 4.52 Å². The Morgan fingerprint density at radius 1 is 1.32 bits per heavy atom. The number of halogens is 1. The number of rotatable bonds is 4. The Labute approximate surface area is 154 Å². The normalized spacial score (nSPS) is 17.2. The maximum atomic E-state index is 10.8. The second kappa shape index (κ2) is 6.92. The Balaban J connectivity index is 1.84. The quantitative estimate of drug-likeness (QED) is 0.755. The van der Waals surface area contributed by atoms with Crippen LogP contribution in [-0.4, -0.2) is 50.9 Å². The van der Waals surface area contributed by atoms with Crippen molar-refractivity contribution in [3.05, 3.63) is 45.6 Å². The molecule has 132 valence electrons. The highest BCUT2D eigenvalue weighted by Gasteiger charge is 2.31. The molecule has 0 aliphatic carbocycles. The third-order valence-corrected chi connectivity index (χ3v) is 5.84. The van der Waals surface area contributed by atoms with E-state index in [2.05, 4.69) is 15.0 Å². The summed E-state index contributed by atoms with van der Waals surface area (Å²) in [5.41, 5.74) is 0.974. The number of benzene rings is 1. The molecule has 0 bridgehead atoms. The number of aromatic hydroxyl groups is 1. The van der Waals surface area contributed by atoms with Crippen LogP contribution in [0, 0.1) is 0 Å². The van der Waals surface area contributed by atoms with Crippen molar-refractivity contribution in [2.45, 2.75) is 19.4 Å². The van der Waals surface area contributed by atoms with Gasteiger partial charge in [0.1, 0.15) is 0 Å². The van der Waals surface area contributed by atoms with Gasteiger partial charge in [-0.1, -0.05) is 48.1 Å². The fourth-order valence-corrected chi connectivity index (χ4v) is 4.52. The number of ether oxygens (including phenoxy) is 1. The Bertz CT molecular complexity index is 888. The largest absolute Gasteiger partial charge is 0.492 e. The van der Waals surface area contributed by atoms with Crippen LogP contribution in [0.3, 0.4) is 0 Å². The van der Waals surface area contributed by atoms with E-state index in [0.717, 1.165) is 35.8 Å². The van der Waals surface area contributed by atoms with E-state index in [1.54, 1.807) is 0 Å². The van der Waals surface area contributed by atoms with Crippen LogP contribution in [-0.2, 0) is 11.2 Å². The highest BCUT2D eigenvalue weighted by atomic mass is 35.5. The molecule has 3 aromatic rings. The number of fused-ring (bicyclic) bond motifs is 1. The van der Waals surface area contributed by atoms with Gasteiger partial charge < -0.3 is 9.84 Å². The van der Waals surface area contributed by atoms with Crippen LogP contribution >= 0.6 is 22.9 Å². The van der Waals surface area contributed by atoms with Gasteiger partial charge in [-0.05, 0) is 11.6 Å². The standard InChI is InChI=1S/C17H19ClN4O2S/c1-2-13-19-17-22(20-13)16(23)15(25-17)14(21-7-9-24-10-8-21)11-5-3-4-6-12(11)18/h3-6,14,23H,2,7-10H2,1H3/t14-/m0/s1. The predicted molar refractivity (Wildman–Crippen MR) is 97.6 cm³/mol. The molecule has 1 aliphatic rings. The van der Waals surface area contributed by atoms with Gasteiger partial charge >= 0.3 is 0 Å². The molecule has 0 saturated carbocycles. The summed E-state index contributed by atoms with van der Waals surface area (Å²) in [4.78, 5) is 8.29. The molecule has 3 heterocycles. The van der Waals surface area contributed by atoms with Gasteiger partial charge in [-0.3, -0.25) is 4.90 Å². The molecule has 0 amide bonds. The summed E-state index contributed by atoms with van der Waals surface area (Å²) in [6, 6.07) is 7.63. The van der Waals surface area contributed by atoms with Crippen LogP contribution < -0.4 is 0 Å². The van der Waals surface area contributed by atoms with Crippen molar-refractivity contribution in [2.75, 3.05) is 26.3 Å². The summed E-state index contributed by atoms with van der Waals surface area (Å²) in [5, 5.41) is 15.9. The van der Waals surface area contributed by atoms with Crippen molar-refractivity contribution >= 4 is 27.9 Å². The van der Waals surface area contributed by atoms with Crippen LogP contribution in [0.4, 0.5) is 0 Å². The second-order valence-electron chi connectivity index (χ2n) is 5.94. The molecule has 1 N–H and O–H groups in total. The van der Waals surface area contributed by atoms with E-state index in [9.17, 15) is 5.11 Å². The van der Waals surface area contributed by atoms with Crippen molar-refractivity contribution in [3.8, 4) is 5.88 Å². The van der Waals surface area contributed by atoms with Crippen LogP contribution in [0.25, 0.3) is 4.96 Å². The van der Waals surface area contributed by atoms with Crippen LogP contribution in [0.5, 0.6) is 5.88 Å². The van der Waals surface area contributed by atoms with Crippen LogP contribution in [0.2, 0.25) is 5.02 Å². The number of aryl methyl sites for hydroxylation is 1. The number of morpholine rings is 1. The number of thiazole rings is 1. The van der Waals surface area contributed by atoms with Gasteiger partial charge in [0, 0.05) is 24.5 Å². The lowest BCUT2D eigenvalue weighted by molar-refractivity contribution is 0.0241. The highest BCUT2D eigenvalue weighted by Crippen LogP contribution is 2.42. The minimum atomic E-state index is -0.142. The van der Waals surface area contributed by atoms with Crippen molar-refractivity contribution in [2.24, 2.45) is 0 Å². The Kier molecular flexibility index (Phi) is 4.64. The maximum Gasteiger partial charge on any atom is 0.230 e. The molecular weight excluding hydrogens is 360 g/mol. The number of hydrogen-bond donors (Lipinski definition) is 1. The molecule has 1 aliphatic heterocycles. The Hall–Kier alpha value is -1.67. The van der Waals surface area contributed by atoms with Gasteiger partial charge in [-0.15, -0.1) is 5.10 Å². The summed E-state index contributed by atoms with van der Waals surface area (Å²) >= 11 is 7.95. The van der Waals surface area contributed by atoms with Crippen molar-refractivity contribution in [3.63, 3.8) is 0 Å². The van der Waals surface area contributed by atoms with E-state index in [4.69, 9.17) is 16.3 Å². The second-order valence-corrected chi connectivity index (χ2v) is 7.35. The fraction of sp³-hybridized carbons (Fsp3) is 0.412. The molecule has 25 heavy (non-hydrogen) atoms. The topological polar surface area (TPSA) is 62.9 Å². The summed E-state index contributed by atoms with van der Waals surface area (Å²) in [5.74, 6) is 0.873. The minimum absolute atomic E-state index is 0.142. The number of aromatic nitrogens is 3. The molecule has 4 rings (SSSR count). The summed E-state index contributed by atoms with van der Waals surface area (Å²) in [7, 11) is 0. The number of nitrogens with zero attached hydrogens (tertiary/aromatic N) is 4. The van der Waals surface area contributed by atoms with E-state index < -0.39 is 0 Å². The Morgan fingerprint density at radius 2 is 2.08 bits per heavy atom. The first-order valence-electron chi connectivity index (χ1n) is 8.32.